The lowest BCUT2D eigenvalue weighted by molar-refractivity contribution is -0.270. The van der Waals surface area contributed by atoms with Gasteiger partial charge in [-0.15, -0.1) is 0 Å². The van der Waals surface area contributed by atoms with E-state index in [0.717, 1.165) is 32.3 Å². The zero-order valence-electron chi connectivity index (χ0n) is 13.4. The van der Waals surface area contributed by atoms with E-state index in [0.29, 0.717) is 26.4 Å². The number of benzene rings is 1. The van der Waals surface area contributed by atoms with E-state index in [4.69, 9.17) is 18.9 Å². The van der Waals surface area contributed by atoms with Crippen molar-refractivity contribution in [2.75, 3.05) is 26.4 Å². The monoisotopic (exact) mass is 306 g/mol. The molecule has 2 unspecified atom stereocenters. The molecule has 2 heterocycles. The van der Waals surface area contributed by atoms with Crippen LogP contribution in [0.1, 0.15) is 38.2 Å². The second kappa shape index (κ2) is 7.09. The minimum absolute atomic E-state index is 0.248. The van der Waals surface area contributed by atoms with Gasteiger partial charge < -0.3 is 18.9 Å². The maximum absolute atomic E-state index is 6.37. The molecule has 2 aliphatic rings. The lowest BCUT2D eigenvalue weighted by Crippen LogP contribution is -2.42. The number of ether oxygens (including phenoxy) is 4. The van der Waals surface area contributed by atoms with Crippen molar-refractivity contribution in [2.45, 2.75) is 50.6 Å². The van der Waals surface area contributed by atoms with Crippen LogP contribution in [-0.4, -0.2) is 37.8 Å². The molecular weight excluding hydrogens is 280 g/mol. The summed E-state index contributed by atoms with van der Waals surface area (Å²) in [6, 6.07) is 10.2. The van der Waals surface area contributed by atoms with Crippen LogP contribution in [0, 0.1) is 0 Å². The summed E-state index contributed by atoms with van der Waals surface area (Å²) in [6.07, 6.45) is 3.71. The van der Waals surface area contributed by atoms with E-state index < -0.39 is 5.79 Å². The molecule has 4 nitrogen and oxygen atoms in total. The third kappa shape index (κ3) is 3.69. The van der Waals surface area contributed by atoms with Crippen LogP contribution in [0.2, 0.25) is 0 Å². The van der Waals surface area contributed by atoms with E-state index in [1.54, 1.807) is 0 Å². The third-order valence-corrected chi connectivity index (χ3v) is 4.61. The Morgan fingerprint density at radius 2 is 2.00 bits per heavy atom. The van der Waals surface area contributed by atoms with Gasteiger partial charge in [0.1, 0.15) is 6.61 Å². The Labute approximate surface area is 132 Å². The first-order chi connectivity index (χ1) is 10.8. The molecule has 22 heavy (non-hydrogen) atoms. The summed E-state index contributed by atoms with van der Waals surface area (Å²) in [5.41, 5.74) is 0.943. The molecule has 2 atom stereocenters. The molecular formula is C18H26O4. The molecule has 0 bridgehead atoms. The number of rotatable bonds is 5. The van der Waals surface area contributed by atoms with Crippen molar-refractivity contribution < 1.29 is 18.9 Å². The van der Waals surface area contributed by atoms with Gasteiger partial charge in [0.25, 0.3) is 0 Å². The van der Waals surface area contributed by atoms with E-state index in [1.807, 2.05) is 18.2 Å². The van der Waals surface area contributed by atoms with Crippen LogP contribution in [0.4, 0.5) is 0 Å². The van der Waals surface area contributed by atoms with Crippen molar-refractivity contribution in [3.8, 4) is 0 Å². The van der Waals surface area contributed by atoms with Crippen LogP contribution in [-0.2, 0) is 25.6 Å². The van der Waals surface area contributed by atoms with Crippen LogP contribution in [0.25, 0.3) is 0 Å². The first kappa shape index (κ1) is 15.9. The highest BCUT2D eigenvalue weighted by Crippen LogP contribution is 2.42. The summed E-state index contributed by atoms with van der Waals surface area (Å²) >= 11 is 0. The maximum Gasteiger partial charge on any atom is 0.192 e. The van der Waals surface area contributed by atoms with Crippen molar-refractivity contribution in [3.05, 3.63) is 35.9 Å². The van der Waals surface area contributed by atoms with Crippen molar-refractivity contribution in [1.82, 2.24) is 0 Å². The average Bonchev–Trinajstić information content (AvgIpc) is 2.75. The molecule has 0 saturated carbocycles. The summed E-state index contributed by atoms with van der Waals surface area (Å²) in [6.45, 7) is 5.38. The molecule has 0 aliphatic carbocycles. The van der Waals surface area contributed by atoms with E-state index in [1.165, 1.54) is 5.56 Å². The molecule has 1 aromatic rings. The highest BCUT2D eigenvalue weighted by molar-refractivity contribution is 5.13. The van der Waals surface area contributed by atoms with Crippen LogP contribution < -0.4 is 0 Å². The van der Waals surface area contributed by atoms with Gasteiger partial charge in [0.2, 0.25) is 0 Å². The molecule has 0 aromatic heterocycles. The van der Waals surface area contributed by atoms with E-state index in [2.05, 4.69) is 19.1 Å². The van der Waals surface area contributed by atoms with Gasteiger partial charge in [0, 0.05) is 13.0 Å². The molecule has 0 amide bonds. The fourth-order valence-electron chi connectivity index (χ4n) is 3.19. The Kier molecular flexibility index (Phi) is 5.14. The lowest BCUT2D eigenvalue weighted by Gasteiger charge is -2.33. The van der Waals surface area contributed by atoms with Gasteiger partial charge >= 0.3 is 0 Å². The molecule has 4 heteroatoms. The topological polar surface area (TPSA) is 36.9 Å². The Bertz CT molecular complexity index is 453. The van der Waals surface area contributed by atoms with Crippen LogP contribution in [0.15, 0.2) is 30.3 Å². The highest BCUT2D eigenvalue weighted by Gasteiger charge is 2.50. The zero-order valence-corrected chi connectivity index (χ0v) is 13.4. The fraction of sp³-hybridized carbons (Fsp3) is 0.667. The summed E-state index contributed by atoms with van der Waals surface area (Å²) in [4.78, 5) is 0. The van der Waals surface area contributed by atoms with Crippen molar-refractivity contribution >= 4 is 0 Å². The van der Waals surface area contributed by atoms with Gasteiger partial charge in [0.05, 0.1) is 25.4 Å². The Balaban J connectivity index is 1.56. The molecule has 1 aromatic carbocycles. The predicted octanol–water partition coefficient (Wildman–Crippen LogP) is 3.30. The Morgan fingerprint density at radius 1 is 1.14 bits per heavy atom. The van der Waals surface area contributed by atoms with E-state index in [9.17, 15) is 0 Å². The largest absolute Gasteiger partial charge is 0.376 e. The lowest BCUT2D eigenvalue weighted by atomic mass is 9.97. The van der Waals surface area contributed by atoms with Crippen molar-refractivity contribution in [2.24, 2.45) is 0 Å². The molecule has 2 fully saturated rings. The Hall–Kier alpha value is -0.940. The molecule has 2 saturated heterocycles. The summed E-state index contributed by atoms with van der Waals surface area (Å²) < 4.78 is 23.9. The first-order valence-electron chi connectivity index (χ1n) is 8.29. The maximum atomic E-state index is 6.37. The fourth-order valence-corrected chi connectivity index (χ4v) is 3.19. The summed E-state index contributed by atoms with van der Waals surface area (Å²) in [5, 5.41) is 0. The molecule has 1 spiro atoms. The van der Waals surface area contributed by atoms with Gasteiger partial charge in [-0.05, 0) is 24.8 Å². The highest BCUT2D eigenvalue weighted by atomic mass is 16.7. The molecule has 0 radical (unpaired) electrons. The average molecular weight is 306 g/mol. The summed E-state index contributed by atoms with van der Waals surface area (Å²) in [5.74, 6) is -0.553. The van der Waals surface area contributed by atoms with E-state index in [-0.39, 0.29) is 5.60 Å². The van der Waals surface area contributed by atoms with Gasteiger partial charge in [-0.25, -0.2) is 0 Å². The number of hydrogen-bond donors (Lipinski definition) is 0. The minimum atomic E-state index is -0.553. The zero-order chi connectivity index (χ0) is 15.3. The van der Waals surface area contributed by atoms with Gasteiger partial charge in [-0.1, -0.05) is 37.3 Å². The van der Waals surface area contributed by atoms with Gasteiger partial charge in [-0.2, -0.15) is 0 Å². The molecule has 2 aliphatic heterocycles. The van der Waals surface area contributed by atoms with Crippen LogP contribution in [0.5, 0.6) is 0 Å². The van der Waals surface area contributed by atoms with Gasteiger partial charge in [-0.3, -0.25) is 0 Å². The second-order valence-corrected chi connectivity index (χ2v) is 6.28. The first-order valence-corrected chi connectivity index (χ1v) is 8.29. The van der Waals surface area contributed by atoms with Crippen molar-refractivity contribution in [3.63, 3.8) is 0 Å². The minimum Gasteiger partial charge on any atom is -0.376 e. The number of hydrogen-bond acceptors (Lipinski definition) is 4. The predicted molar refractivity (Wildman–Crippen MR) is 83.6 cm³/mol. The van der Waals surface area contributed by atoms with E-state index >= 15 is 0 Å². The standard InChI is InChI=1S/C18H26O4/c1-2-17(14-20-13-16-7-4-3-5-8-16)9-10-18(22-17)15-19-11-6-12-21-18/h3-5,7-8H,2,6,9-15H2,1H3. The van der Waals surface area contributed by atoms with Crippen LogP contribution >= 0.6 is 0 Å². The second-order valence-electron chi connectivity index (χ2n) is 6.28. The van der Waals surface area contributed by atoms with Crippen molar-refractivity contribution in [1.29, 1.82) is 0 Å². The SMILES string of the molecule is CCC1(COCc2ccccc2)CCC2(COCCCO2)O1. The molecule has 0 N–H and O–H groups in total. The molecule has 122 valence electrons. The normalized spacial score (nSPS) is 32.2. The molecule has 3 rings (SSSR count). The smallest absolute Gasteiger partial charge is 0.192 e. The van der Waals surface area contributed by atoms with Gasteiger partial charge in [0.15, 0.2) is 5.79 Å². The third-order valence-electron chi connectivity index (χ3n) is 4.61. The Morgan fingerprint density at radius 3 is 2.82 bits per heavy atom. The quantitative estimate of drug-likeness (QED) is 0.836. The van der Waals surface area contributed by atoms with Crippen LogP contribution in [0.3, 0.4) is 0 Å². The summed E-state index contributed by atoms with van der Waals surface area (Å²) in [7, 11) is 0.